The Hall–Kier alpha value is -0.110. The van der Waals surface area contributed by atoms with Gasteiger partial charge in [-0.1, -0.05) is 0 Å². The van der Waals surface area contributed by atoms with Crippen molar-refractivity contribution in [3.05, 3.63) is 24.3 Å². The molecule has 0 radical (unpaired) electrons. The molecule has 0 aromatic heterocycles. The Bertz CT molecular complexity index is 308. The van der Waals surface area contributed by atoms with E-state index in [-0.39, 0.29) is 29.6 Å². The summed E-state index contributed by atoms with van der Waals surface area (Å²) in [5, 5.41) is 3.04. The first-order valence-electron chi connectivity index (χ1n) is 4.68. The van der Waals surface area contributed by atoms with Crippen LogP contribution < -0.4 is 39.6 Å². The molecule has 1 rings (SSSR count). The Morgan fingerprint density at radius 3 is 2.12 bits per heavy atom. The molecule has 1 unspecified atom stereocenters. The Kier molecular flexibility index (Phi) is 14.0. The van der Waals surface area contributed by atoms with Crippen LogP contribution in [0.15, 0.2) is 24.3 Å². The molecule has 0 aliphatic heterocycles. The fourth-order valence-corrected chi connectivity index (χ4v) is 0.884. The first kappa shape index (κ1) is 19.2. The normalized spacial score (nSPS) is 10.4. The Morgan fingerprint density at radius 1 is 1.35 bits per heavy atom. The quantitative estimate of drug-likeness (QED) is 0.535. The van der Waals surface area contributed by atoms with Gasteiger partial charge in [0.25, 0.3) is 0 Å². The number of anilines is 1. The second-order valence-corrected chi connectivity index (χ2v) is 3.32. The monoisotopic (exact) mass is 269 g/mol. The van der Waals surface area contributed by atoms with Crippen molar-refractivity contribution in [1.82, 2.24) is 0 Å². The van der Waals surface area contributed by atoms with Crippen LogP contribution in [0.2, 0.25) is 0 Å². The van der Waals surface area contributed by atoms with Gasteiger partial charge in [-0.15, -0.1) is 0 Å². The number of benzene rings is 1. The summed E-state index contributed by atoms with van der Waals surface area (Å²) in [4.78, 5) is 0. The van der Waals surface area contributed by atoms with E-state index in [0.717, 1.165) is 25.2 Å². The van der Waals surface area contributed by atoms with Gasteiger partial charge < -0.3 is 18.8 Å². The molecule has 0 aliphatic carbocycles. The Labute approximate surface area is 127 Å². The van der Waals surface area contributed by atoms with E-state index in [0.29, 0.717) is 0 Å². The largest absolute Gasteiger partial charge is 1.00 e. The number of hydrogen-bond acceptors (Lipinski definition) is 5. The van der Waals surface area contributed by atoms with Gasteiger partial charge in [0, 0.05) is 12.7 Å². The van der Waals surface area contributed by atoms with Crippen molar-refractivity contribution in [3.63, 3.8) is 0 Å². The van der Waals surface area contributed by atoms with Gasteiger partial charge in [-0.05, 0) is 31.2 Å². The summed E-state index contributed by atoms with van der Waals surface area (Å²) in [6.07, 6.45) is 0. The minimum Gasteiger partial charge on any atom is -0.750 e. The van der Waals surface area contributed by atoms with E-state index in [1.54, 1.807) is 0 Å². The van der Waals surface area contributed by atoms with Crippen molar-refractivity contribution in [1.29, 1.82) is 0 Å². The van der Waals surface area contributed by atoms with Crippen LogP contribution in [0.1, 0.15) is 6.92 Å². The summed E-state index contributed by atoms with van der Waals surface area (Å²) < 4.78 is 27.2. The molecule has 5 nitrogen and oxygen atoms in total. The number of nitrogens with one attached hydrogen (secondary N) is 1. The van der Waals surface area contributed by atoms with E-state index in [9.17, 15) is 0 Å². The van der Waals surface area contributed by atoms with Crippen LogP contribution >= 0.6 is 0 Å². The molecule has 0 spiro atoms. The molecule has 0 bridgehead atoms. The van der Waals surface area contributed by atoms with Crippen LogP contribution in [0.25, 0.3) is 0 Å². The molecule has 7 heteroatoms. The van der Waals surface area contributed by atoms with E-state index in [1.807, 2.05) is 38.2 Å². The van der Waals surface area contributed by atoms with E-state index >= 15 is 0 Å². The van der Waals surface area contributed by atoms with Gasteiger partial charge in [-0.25, -0.2) is 4.21 Å². The van der Waals surface area contributed by atoms with Crippen LogP contribution in [0.4, 0.5) is 5.69 Å². The van der Waals surface area contributed by atoms with Crippen LogP contribution in [0.5, 0.6) is 5.75 Å². The van der Waals surface area contributed by atoms with Crippen molar-refractivity contribution in [2.75, 3.05) is 26.1 Å². The molecule has 0 heterocycles. The zero-order valence-electron chi connectivity index (χ0n) is 10.6. The smallest absolute Gasteiger partial charge is 0.750 e. The molecule has 1 N–H and O–H groups in total. The molecule has 92 valence electrons. The van der Waals surface area contributed by atoms with Gasteiger partial charge in [0.2, 0.25) is 0 Å². The third-order valence-corrected chi connectivity index (χ3v) is 1.86. The first-order chi connectivity index (χ1) is 7.63. The molecule has 0 fully saturated rings. The van der Waals surface area contributed by atoms with Crippen LogP contribution in [-0.4, -0.2) is 29.5 Å². The summed E-state index contributed by atoms with van der Waals surface area (Å²) in [5.74, 6) is 0.923. The second-order valence-electron chi connectivity index (χ2n) is 2.58. The maximum Gasteiger partial charge on any atom is 1.00 e. The molecule has 0 amide bonds. The van der Waals surface area contributed by atoms with Crippen LogP contribution in [0, 0.1) is 0 Å². The van der Waals surface area contributed by atoms with Crippen molar-refractivity contribution >= 4 is 17.0 Å². The molecule has 1 aromatic carbocycles. The number of rotatable bonds is 4. The molecule has 1 atom stereocenters. The van der Waals surface area contributed by atoms with Gasteiger partial charge in [0.15, 0.2) is 0 Å². The van der Waals surface area contributed by atoms with E-state index in [4.69, 9.17) is 13.5 Å². The minimum absolute atomic E-state index is 0. The topological polar surface area (TPSA) is 70.6 Å². The second kappa shape index (κ2) is 12.3. The van der Waals surface area contributed by atoms with Crippen LogP contribution in [0.3, 0.4) is 0 Å². The first-order valence-corrected chi connectivity index (χ1v) is 5.68. The summed E-state index contributed by atoms with van der Waals surface area (Å²) in [6.45, 7) is 2.70. The van der Waals surface area contributed by atoms with Crippen LogP contribution in [-0.2, 0) is 15.5 Å². The molecular weight excluding hydrogens is 253 g/mol. The summed E-state index contributed by atoms with van der Waals surface area (Å²) in [6, 6.07) is 7.89. The van der Waals surface area contributed by atoms with Crippen molar-refractivity contribution < 1.29 is 47.2 Å². The number of ether oxygens (including phenoxy) is 1. The maximum absolute atomic E-state index is 9.15. The average Bonchev–Trinajstić information content (AvgIpc) is 2.31. The zero-order valence-corrected chi connectivity index (χ0v) is 13.4. The van der Waals surface area contributed by atoms with Gasteiger partial charge in [0.1, 0.15) is 5.75 Å². The maximum atomic E-state index is 9.15. The summed E-state index contributed by atoms with van der Waals surface area (Å²) in [5.41, 5.74) is 1.11. The third kappa shape index (κ3) is 10.7. The van der Waals surface area contributed by atoms with Gasteiger partial charge >= 0.3 is 29.6 Å². The molecule has 0 aliphatic rings. The van der Waals surface area contributed by atoms with E-state index in [1.165, 1.54) is 0 Å². The molecule has 17 heavy (non-hydrogen) atoms. The van der Waals surface area contributed by atoms with Crippen molar-refractivity contribution in [3.8, 4) is 5.75 Å². The zero-order chi connectivity index (χ0) is 12.4. The molecule has 0 saturated carbocycles. The Balaban J connectivity index is 0. The van der Waals surface area contributed by atoms with Crippen molar-refractivity contribution in [2.45, 2.75) is 6.92 Å². The summed E-state index contributed by atoms with van der Waals surface area (Å²) >= 11 is -2.32. The SMILES string of the molecule is CCOc1ccc(NC)cc1.COS(=O)[O-].[Na+]. The third-order valence-electron chi connectivity index (χ3n) is 1.59. The summed E-state index contributed by atoms with van der Waals surface area (Å²) in [7, 11) is 2.98. The average molecular weight is 269 g/mol. The fourth-order valence-electron chi connectivity index (χ4n) is 0.884. The van der Waals surface area contributed by atoms with Gasteiger partial charge in [-0.3, -0.25) is 0 Å². The molecular formula is C10H16NNaO4S. The Morgan fingerprint density at radius 2 is 1.82 bits per heavy atom. The van der Waals surface area contributed by atoms with Crippen molar-refractivity contribution in [2.24, 2.45) is 0 Å². The number of hydrogen-bond donors (Lipinski definition) is 1. The molecule has 1 aromatic rings. The standard InChI is InChI=1S/C9H13NO.CH4O3S.Na/c1-3-11-9-6-4-8(10-2)5-7-9;1-4-5(2)3;/h4-7,10H,3H2,1-2H3;1H3,(H,2,3);/q;;+1/p-1. The predicted octanol–water partition coefficient (Wildman–Crippen LogP) is -1.44. The minimum atomic E-state index is -2.32. The fraction of sp³-hybridized carbons (Fsp3) is 0.400. The van der Waals surface area contributed by atoms with E-state index < -0.39 is 11.4 Å². The van der Waals surface area contributed by atoms with Gasteiger partial charge in [-0.2, -0.15) is 0 Å². The van der Waals surface area contributed by atoms with Gasteiger partial charge in [0.05, 0.1) is 25.1 Å². The predicted molar refractivity (Wildman–Crippen MR) is 63.1 cm³/mol. The molecule has 0 saturated heterocycles. The van der Waals surface area contributed by atoms with E-state index in [2.05, 4.69) is 9.50 Å².